The van der Waals surface area contributed by atoms with Crippen LogP contribution in [0.1, 0.15) is 5.56 Å². The maximum atomic E-state index is 12.5. The first-order chi connectivity index (χ1) is 8.45. The molecule has 7 heteroatoms. The molecule has 2 rings (SSSR count). The van der Waals surface area contributed by atoms with E-state index < -0.39 is 11.7 Å². The van der Waals surface area contributed by atoms with Crippen molar-refractivity contribution in [2.24, 2.45) is 0 Å². The van der Waals surface area contributed by atoms with Gasteiger partial charge >= 0.3 is 6.18 Å². The van der Waals surface area contributed by atoms with Crippen LogP contribution >= 0.6 is 11.8 Å². The Morgan fingerprint density at radius 3 is 2.56 bits per heavy atom. The van der Waals surface area contributed by atoms with E-state index >= 15 is 0 Å². The Kier molecular flexibility index (Phi) is 3.42. The van der Waals surface area contributed by atoms with Crippen LogP contribution in [0.5, 0.6) is 0 Å². The van der Waals surface area contributed by atoms with E-state index in [1.165, 1.54) is 12.1 Å². The van der Waals surface area contributed by atoms with Crippen LogP contribution in [0, 0.1) is 5.41 Å². The molecule has 0 aliphatic rings. The first kappa shape index (κ1) is 12.7. The number of halogens is 3. The molecule has 0 saturated carbocycles. The Morgan fingerprint density at radius 2 is 1.94 bits per heavy atom. The molecule has 0 bridgehead atoms. The Hall–Kier alpha value is -1.76. The molecule has 1 aromatic carbocycles. The van der Waals surface area contributed by atoms with Gasteiger partial charge in [-0.25, -0.2) is 0 Å². The standard InChI is InChI=1S/C11H8F3N3S/c12-11(13,14)7-2-1-3-8(6-7)18-10-5-4-9(15)16-17-10/h1-6H,(H2,15,16). The summed E-state index contributed by atoms with van der Waals surface area (Å²) in [6.45, 7) is 0. The largest absolute Gasteiger partial charge is 0.416 e. The minimum absolute atomic E-state index is 0.142. The summed E-state index contributed by atoms with van der Waals surface area (Å²) >= 11 is 1.10. The molecule has 0 atom stereocenters. The van der Waals surface area contributed by atoms with E-state index in [9.17, 15) is 13.2 Å². The SMILES string of the molecule is N=c1ccc(Sc2cccc(C(F)(F)F)c2)n[nH]1. The van der Waals surface area contributed by atoms with Crippen LogP contribution in [-0.4, -0.2) is 10.2 Å². The first-order valence-corrected chi connectivity index (χ1v) is 5.72. The van der Waals surface area contributed by atoms with Gasteiger partial charge in [0.1, 0.15) is 10.5 Å². The quantitative estimate of drug-likeness (QED) is 0.882. The number of hydrogen-bond acceptors (Lipinski definition) is 3. The van der Waals surface area contributed by atoms with Crippen LogP contribution in [0.2, 0.25) is 0 Å². The lowest BCUT2D eigenvalue weighted by Gasteiger charge is -2.07. The fourth-order valence-corrected chi connectivity index (χ4v) is 2.06. The Bertz CT molecular complexity index is 586. The molecule has 2 N–H and O–H groups in total. The molecule has 0 aliphatic heterocycles. The molecule has 0 spiro atoms. The fraction of sp³-hybridized carbons (Fsp3) is 0.0909. The van der Waals surface area contributed by atoms with Crippen LogP contribution in [0.25, 0.3) is 0 Å². The average Bonchev–Trinajstić information content (AvgIpc) is 2.31. The van der Waals surface area contributed by atoms with E-state index in [1.54, 1.807) is 12.1 Å². The second kappa shape index (κ2) is 4.85. The molecule has 0 aliphatic carbocycles. The van der Waals surface area contributed by atoms with Gasteiger partial charge in [-0.1, -0.05) is 17.8 Å². The van der Waals surface area contributed by atoms with Crippen LogP contribution in [0.4, 0.5) is 13.2 Å². The van der Waals surface area contributed by atoms with Gasteiger partial charge in [0.25, 0.3) is 0 Å². The third-order valence-electron chi connectivity index (χ3n) is 2.06. The lowest BCUT2D eigenvalue weighted by atomic mass is 10.2. The fourth-order valence-electron chi connectivity index (χ4n) is 1.26. The normalized spacial score (nSPS) is 11.5. The number of rotatable bonds is 2. The highest BCUT2D eigenvalue weighted by molar-refractivity contribution is 7.99. The smallest absolute Gasteiger partial charge is 0.283 e. The number of aromatic nitrogens is 2. The molecule has 1 aromatic heterocycles. The maximum Gasteiger partial charge on any atom is 0.416 e. The lowest BCUT2D eigenvalue weighted by Crippen LogP contribution is -2.06. The van der Waals surface area contributed by atoms with Crippen molar-refractivity contribution < 1.29 is 13.2 Å². The molecule has 3 nitrogen and oxygen atoms in total. The van der Waals surface area contributed by atoms with E-state index in [-0.39, 0.29) is 5.49 Å². The van der Waals surface area contributed by atoms with Crippen molar-refractivity contribution in [3.05, 3.63) is 47.4 Å². The summed E-state index contributed by atoms with van der Waals surface area (Å²) in [6, 6.07) is 8.09. The molecular formula is C11H8F3N3S. The van der Waals surface area contributed by atoms with Crippen LogP contribution in [0.3, 0.4) is 0 Å². The Balaban J connectivity index is 2.24. The van der Waals surface area contributed by atoms with Crippen LogP contribution in [0.15, 0.2) is 46.3 Å². The number of alkyl halides is 3. The van der Waals surface area contributed by atoms with Gasteiger partial charge in [0, 0.05) is 4.90 Å². The Labute approximate surface area is 105 Å². The second-order valence-corrected chi connectivity index (χ2v) is 4.53. The number of nitrogens with zero attached hydrogens (tertiary/aromatic N) is 1. The summed E-state index contributed by atoms with van der Waals surface area (Å²) in [5.74, 6) is 0. The monoisotopic (exact) mass is 271 g/mol. The minimum Gasteiger partial charge on any atom is -0.283 e. The van der Waals surface area contributed by atoms with Crippen LogP contribution in [-0.2, 0) is 6.18 Å². The van der Waals surface area contributed by atoms with Gasteiger partial charge in [0.2, 0.25) is 0 Å². The molecular weight excluding hydrogens is 263 g/mol. The molecule has 2 aromatic rings. The maximum absolute atomic E-state index is 12.5. The van der Waals surface area contributed by atoms with Crippen molar-refractivity contribution in [2.75, 3.05) is 0 Å². The predicted molar refractivity (Wildman–Crippen MR) is 60.0 cm³/mol. The van der Waals surface area contributed by atoms with Crippen molar-refractivity contribution >= 4 is 11.8 Å². The van der Waals surface area contributed by atoms with E-state index in [2.05, 4.69) is 10.2 Å². The zero-order valence-electron chi connectivity index (χ0n) is 8.95. The van der Waals surface area contributed by atoms with Gasteiger partial charge < -0.3 is 0 Å². The number of aromatic amines is 1. The highest BCUT2D eigenvalue weighted by Crippen LogP contribution is 2.33. The number of benzene rings is 1. The van der Waals surface area contributed by atoms with Crippen molar-refractivity contribution in [1.82, 2.24) is 10.2 Å². The van der Waals surface area contributed by atoms with Gasteiger partial charge in [-0.05, 0) is 30.3 Å². The molecule has 94 valence electrons. The highest BCUT2D eigenvalue weighted by Gasteiger charge is 2.30. The summed E-state index contributed by atoms with van der Waals surface area (Å²) in [5, 5.41) is 14.0. The van der Waals surface area contributed by atoms with Gasteiger partial charge in [0.05, 0.1) is 5.56 Å². The number of hydrogen-bond donors (Lipinski definition) is 2. The summed E-state index contributed by atoms with van der Waals surface area (Å²) in [7, 11) is 0. The molecule has 1 heterocycles. The third-order valence-corrected chi connectivity index (χ3v) is 2.99. The van der Waals surface area contributed by atoms with Gasteiger partial charge in [0.15, 0.2) is 0 Å². The Morgan fingerprint density at radius 1 is 1.17 bits per heavy atom. The third kappa shape index (κ3) is 3.13. The molecule has 0 unspecified atom stereocenters. The van der Waals surface area contributed by atoms with Gasteiger partial charge in [-0.15, -0.1) is 0 Å². The molecule has 0 fully saturated rings. The van der Waals surface area contributed by atoms with Gasteiger partial charge in [-0.3, -0.25) is 10.5 Å². The summed E-state index contributed by atoms with van der Waals surface area (Å²) in [6.07, 6.45) is -4.35. The molecule has 0 saturated heterocycles. The second-order valence-electron chi connectivity index (χ2n) is 3.44. The number of H-pyrrole nitrogens is 1. The van der Waals surface area contributed by atoms with E-state index in [1.807, 2.05) is 0 Å². The van der Waals surface area contributed by atoms with Crippen molar-refractivity contribution in [3.63, 3.8) is 0 Å². The van der Waals surface area contributed by atoms with E-state index in [0.717, 1.165) is 23.9 Å². The predicted octanol–water partition coefficient (Wildman–Crippen LogP) is 3.06. The molecule has 0 radical (unpaired) electrons. The summed E-state index contributed by atoms with van der Waals surface area (Å²) < 4.78 is 37.5. The van der Waals surface area contributed by atoms with Crippen molar-refractivity contribution in [1.29, 1.82) is 5.41 Å². The van der Waals surface area contributed by atoms with Crippen LogP contribution < -0.4 is 5.49 Å². The summed E-state index contributed by atoms with van der Waals surface area (Å²) in [5.41, 5.74) is -0.544. The average molecular weight is 271 g/mol. The summed E-state index contributed by atoms with van der Waals surface area (Å²) in [4.78, 5) is 0.448. The topological polar surface area (TPSA) is 52.5 Å². The first-order valence-electron chi connectivity index (χ1n) is 4.90. The van der Waals surface area contributed by atoms with Crippen molar-refractivity contribution in [2.45, 2.75) is 16.1 Å². The molecule has 0 amide bonds. The van der Waals surface area contributed by atoms with Gasteiger partial charge in [-0.2, -0.15) is 18.3 Å². The minimum atomic E-state index is -4.35. The van der Waals surface area contributed by atoms with E-state index in [4.69, 9.17) is 5.41 Å². The zero-order valence-corrected chi connectivity index (χ0v) is 9.77. The lowest BCUT2D eigenvalue weighted by molar-refractivity contribution is -0.137. The highest BCUT2D eigenvalue weighted by atomic mass is 32.2. The number of nitrogens with one attached hydrogen (secondary N) is 2. The van der Waals surface area contributed by atoms with Crippen molar-refractivity contribution in [3.8, 4) is 0 Å². The van der Waals surface area contributed by atoms with E-state index in [0.29, 0.717) is 9.92 Å². The zero-order chi connectivity index (χ0) is 13.2. The molecule has 18 heavy (non-hydrogen) atoms.